The first-order valence-electron chi connectivity index (χ1n) is 5.60. The lowest BCUT2D eigenvalue weighted by atomic mass is 10.1. The summed E-state index contributed by atoms with van der Waals surface area (Å²) in [6, 6.07) is 0. The lowest BCUT2D eigenvalue weighted by Gasteiger charge is -2.08. The molecule has 0 aromatic carbocycles. The molecule has 0 spiro atoms. The number of ether oxygens (including phenoxy) is 1. The molecule has 19 heavy (non-hydrogen) atoms. The van der Waals surface area contributed by atoms with Crippen molar-refractivity contribution in [3.05, 3.63) is 17.0 Å². The van der Waals surface area contributed by atoms with Gasteiger partial charge in [-0.25, -0.2) is 0 Å². The maximum absolute atomic E-state index is 11.9. The van der Waals surface area contributed by atoms with Gasteiger partial charge in [0, 0.05) is 11.3 Å². The van der Waals surface area contributed by atoms with Crippen LogP contribution in [0.1, 0.15) is 17.0 Å². The van der Waals surface area contributed by atoms with Crippen molar-refractivity contribution in [3.63, 3.8) is 0 Å². The zero-order chi connectivity index (χ0) is 14.6. The van der Waals surface area contributed by atoms with Gasteiger partial charge in [0.1, 0.15) is 6.61 Å². The molecular formula is C11H15F3N2O3. The van der Waals surface area contributed by atoms with Gasteiger partial charge in [-0.3, -0.25) is 9.48 Å². The standard InChI is InChI=1S/C11H15F3N2O3/c1-7-9(5-10(17)18)8(2)16(15-7)3-4-19-6-11(12,13)14/h3-6H2,1-2H3,(H,17,18). The summed E-state index contributed by atoms with van der Waals surface area (Å²) in [5, 5.41) is 12.8. The lowest BCUT2D eigenvalue weighted by Crippen LogP contribution is -2.19. The quantitative estimate of drug-likeness (QED) is 0.806. The molecule has 0 atom stereocenters. The molecule has 0 bridgehead atoms. The second kappa shape index (κ2) is 6.05. The number of alkyl halides is 3. The number of aliphatic carboxylic acids is 1. The average Bonchev–Trinajstić information content (AvgIpc) is 2.50. The van der Waals surface area contributed by atoms with Gasteiger partial charge in [0.25, 0.3) is 0 Å². The highest BCUT2D eigenvalue weighted by atomic mass is 19.4. The molecule has 0 unspecified atom stereocenters. The number of hydrogen-bond donors (Lipinski definition) is 1. The SMILES string of the molecule is Cc1nn(CCOCC(F)(F)F)c(C)c1CC(=O)O. The molecule has 1 rings (SSSR count). The number of carboxylic acids is 1. The highest BCUT2D eigenvalue weighted by Gasteiger charge is 2.27. The molecule has 5 nitrogen and oxygen atoms in total. The third-order valence-electron chi connectivity index (χ3n) is 2.57. The van der Waals surface area contributed by atoms with Gasteiger partial charge in [0.05, 0.1) is 25.3 Å². The summed E-state index contributed by atoms with van der Waals surface area (Å²) in [6.45, 7) is 2.07. The maximum Gasteiger partial charge on any atom is 0.411 e. The van der Waals surface area contributed by atoms with E-state index in [9.17, 15) is 18.0 Å². The Bertz CT molecular complexity index is 455. The van der Waals surface area contributed by atoms with Crippen molar-refractivity contribution in [2.75, 3.05) is 13.2 Å². The number of hydrogen-bond acceptors (Lipinski definition) is 3. The van der Waals surface area contributed by atoms with Crippen LogP contribution >= 0.6 is 0 Å². The minimum Gasteiger partial charge on any atom is -0.481 e. The Kier molecular flexibility index (Phi) is 4.93. The van der Waals surface area contributed by atoms with E-state index >= 15 is 0 Å². The van der Waals surface area contributed by atoms with Crippen molar-refractivity contribution in [3.8, 4) is 0 Å². The molecule has 1 aromatic rings. The Labute approximate surface area is 108 Å². The summed E-state index contributed by atoms with van der Waals surface area (Å²) < 4.78 is 41.5. The fraction of sp³-hybridized carbons (Fsp3) is 0.636. The highest BCUT2D eigenvalue weighted by Crippen LogP contribution is 2.15. The largest absolute Gasteiger partial charge is 0.481 e. The fourth-order valence-electron chi connectivity index (χ4n) is 1.70. The van der Waals surface area contributed by atoms with Crippen molar-refractivity contribution >= 4 is 5.97 Å². The van der Waals surface area contributed by atoms with Crippen molar-refractivity contribution in [1.82, 2.24) is 9.78 Å². The van der Waals surface area contributed by atoms with Crippen molar-refractivity contribution < 1.29 is 27.8 Å². The molecule has 8 heteroatoms. The number of aryl methyl sites for hydroxylation is 1. The summed E-state index contributed by atoms with van der Waals surface area (Å²) in [6.07, 6.45) is -4.50. The topological polar surface area (TPSA) is 64.4 Å². The summed E-state index contributed by atoms with van der Waals surface area (Å²) in [5.41, 5.74) is 1.79. The molecule has 0 aliphatic carbocycles. The molecule has 0 fully saturated rings. The zero-order valence-electron chi connectivity index (χ0n) is 10.6. The average molecular weight is 280 g/mol. The molecule has 1 N–H and O–H groups in total. The van der Waals surface area contributed by atoms with Crippen LogP contribution in [0.3, 0.4) is 0 Å². The highest BCUT2D eigenvalue weighted by molar-refractivity contribution is 5.70. The molecule has 0 saturated heterocycles. The van der Waals surface area contributed by atoms with E-state index in [2.05, 4.69) is 9.84 Å². The molecule has 0 amide bonds. The first-order chi connectivity index (χ1) is 8.70. The number of carbonyl (C=O) groups is 1. The van der Waals surface area contributed by atoms with Crippen molar-refractivity contribution in [2.45, 2.75) is 33.0 Å². The van der Waals surface area contributed by atoms with Crippen molar-refractivity contribution in [2.24, 2.45) is 0 Å². The number of halogens is 3. The molecule has 0 saturated carbocycles. The minimum absolute atomic E-state index is 0.131. The molecule has 0 aliphatic heterocycles. The van der Waals surface area contributed by atoms with Gasteiger partial charge < -0.3 is 9.84 Å². The van der Waals surface area contributed by atoms with Gasteiger partial charge in [-0.1, -0.05) is 0 Å². The van der Waals surface area contributed by atoms with Crippen LogP contribution in [0.2, 0.25) is 0 Å². The van der Waals surface area contributed by atoms with E-state index in [0.717, 1.165) is 0 Å². The van der Waals surface area contributed by atoms with Gasteiger partial charge in [0.15, 0.2) is 0 Å². The predicted octanol–water partition coefficient (Wildman–Crippen LogP) is 1.71. The summed E-state index contributed by atoms with van der Waals surface area (Å²) >= 11 is 0. The summed E-state index contributed by atoms with van der Waals surface area (Å²) in [7, 11) is 0. The molecular weight excluding hydrogens is 265 g/mol. The second-order valence-electron chi connectivity index (χ2n) is 4.11. The number of rotatable bonds is 6. The van der Waals surface area contributed by atoms with Crippen molar-refractivity contribution in [1.29, 1.82) is 0 Å². The Morgan fingerprint density at radius 2 is 2.05 bits per heavy atom. The van der Waals surface area contributed by atoms with E-state index in [1.54, 1.807) is 13.8 Å². The van der Waals surface area contributed by atoms with Crippen LogP contribution in [-0.4, -0.2) is 40.2 Å². The normalized spacial score (nSPS) is 11.8. The summed E-state index contributed by atoms with van der Waals surface area (Å²) in [4.78, 5) is 10.7. The Balaban J connectivity index is 2.58. The van der Waals surface area contributed by atoms with Crippen LogP contribution in [0.5, 0.6) is 0 Å². The van der Waals surface area contributed by atoms with Crippen LogP contribution in [0, 0.1) is 13.8 Å². The van der Waals surface area contributed by atoms with Crippen LogP contribution in [0.4, 0.5) is 13.2 Å². The van der Waals surface area contributed by atoms with Crippen LogP contribution in [0.25, 0.3) is 0 Å². The third-order valence-corrected chi connectivity index (χ3v) is 2.57. The van der Waals surface area contributed by atoms with Gasteiger partial charge in [-0.2, -0.15) is 18.3 Å². The van der Waals surface area contributed by atoms with E-state index in [0.29, 0.717) is 17.0 Å². The van der Waals surface area contributed by atoms with E-state index in [-0.39, 0.29) is 19.6 Å². The fourth-order valence-corrected chi connectivity index (χ4v) is 1.70. The minimum atomic E-state index is -4.34. The third kappa shape index (κ3) is 4.90. The number of aromatic nitrogens is 2. The Hall–Kier alpha value is -1.57. The molecule has 1 aromatic heterocycles. The number of carboxylic acid groups (broad SMARTS) is 1. The molecule has 1 heterocycles. The second-order valence-corrected chi connectivity index (χ2v) is 4.11. The van der Waals surface area contributed by atoms with Gasteiger partial charge in [-0.05, 0) is 13.8 Å². The molecule has 0 aliphatic rings. The Morgan fingerprint density at radius 3 is 2.58 bits per heavy atom. The monoisotopic (exact) mass is 280 g/mol. The van der Waals surface area contributed by atoms with Gasteiger partial charge >= 0.3 is 12.1 Å². The Morgan fingerprint density at radius 1 is 1.42 bits per heavy atom. The summed E-state index contributed by atoms with van der Waals surface area (Å²) in [5.74, 6) is -0.973. The van der Waals surface area contributed by atoms with E-state index < -0.39 is 18.8 Å². The van der Waals surface area contributed by atoms with E-state index in [1.807, 2.05) is 0 Å². The van der Waals surface area contributed by atoms with E-state index in [1.165, 1.54) is 4.68 Å². The van der Waals surface area contributed by atoms with Crippen LogP contribution in [0.15, 0.2) is 0 Å². The first kappa shape index (κ1) is 15.5. The predicted molar refractivity (Wildman–Crippen MR) is 59.9 cm³/mol. The zero-order valence-corrected chi connectivity index (χ0v) is 10.6. The van der Waals surface area contributed by atoms with E-state index in [4.69, 9.17) is 5.11 Å². The molecule has 0 radical (unpaired) electrons. The van der Waals surface area contributed by atoms with Gasteiger partial charge in [-0.15, -0.1) is 0 Å². The molecule has 108 valence electrons. The smallest absolute Gasteiger partial charge is 0.411 e. The maximum atomic E-state index is 11.9. The van der Waals surface area contributed by atoms with Crippen LogP contribution in [-0.2, 0) is 22.5 Å². The first-order valence-corrected chi connectivity index (χ1v) is 5.60. The number of nitrogens with zero attached hydrogens (tertiary/aromatic N) is 2. The lowest BCUT2D eigenvalue weighted by molar-refractivity contribution is -0.174. The van der Waals surface area contributed by atoms with Crippen LogP contribution < -0.4 is 0 Å². The van der Waals surface area contributed by atoms with Gasteiger partial charge in [0.2, 0.25) is 0 Å².